The second-order valence-electron chi connectivity index (χ2n) is 6.11. The Balaban J connectivity index is 0.000000262. The number of aromatic nitrogens is 2. The predicted octanol–water partition coefficient (Wildman–Crippen LogP) is 5.63. The Morgan fingerprint density at radius 2 is 1.42 bits per heavy atom. The van der Waals surface area contributed by atoms with E-state index in [1.54, 1.807) is 6.92 Å². The van der Waals surface area contributed by atoms with Crippen LogP contribution in [0.2, 0.25) is 0 Å². The van der Waals surface area contributed by atoms with Gasteiger partial charge in [0.15, 0.2) is 0 Å². The van der Waals surface area contributed by atoms with Gasteiger partial charge >= 0.3 is 12.4 Å². The highest BCUT2D eigenvalue weighted by molar-refractivity contribution is 5.36. The van der Waals surface area contributed by atoms with E-state index in [0.29, 0.717) is 5.69 Å². The van der Waals surface area contributed by atoms with Crippen LogP contribution < -0.4 is 10.5 Å². The summed E-state index contributed by atoms with van der Waals surface area (Å²) in [5, 5.41) is 8.73. The quantitative estimate of drug-likeness (QED) is 0.511. The van der Waals surface area contributed by atoms with Crippen molar-refractivity contribution in [2.75, 3.05) is 5.73 Å². The largest absolute Gasteiger partial charge is 0.507 e. The first kappa shape index (κ1) is 23.8. The zero-order valence-corrected chi connectivity index (χ0v) is 15.9. The number of nitrogens with zero attached hydrogens (tertiary/aromatic N) is 2. The van der Waals surface area contributed by atoms with Gasteiger partial charge in [0.05, 0.1) is 16.8 Å². The zero-order chi connectivity index (χ0) is 23.2. The van der Waals surface area contributed by atoms with Gasteiger partial charge in [0.1, 0.15) is 17.6 Å². The average Bonchev–Trinajstić information content (AvgIpc) is 2.67. The second kappa shape index (κ2) is 9.54. The Hall–Kier alpha value is -3.50. The summed E-state index contributed by atoms with van der Waals surface area (Å²) in [5.41, 5.74) is 4.02. The number of nitrogens with two attached hydrogens (primary N) is 1. The molecule has 0 aliphatic carbocycles. The molecule has 0 aliphatic rings. The molecule has 31 heavy (non-hydrogen) atoms. The molecule has 166 valence electrons. The van der Waals surface area contributed by atoms with Gasteiger partial charge in [0, 0.05) is 6.20 Å². The fourth-order valence-electron chi connectivity index (χ4n) is 2.38. The van der Waals surface area contributed by atoms with Gasteiger partial charge in [-0.1, -0.05) is 24.3 Å². The zero-order valence-electron chi connectivity index (χ0n) is 15.9. The maximum Gasteiger partial charge on any atom is 0.419 e. The topological polar surface area (TPSA) is 81.3 Å². The Bertz CT molecular complexity index is 1010. The number of ether oxygens (including phenoxy) is 1. The number of benzene rings is 2. The maximum atomic E-state index is 12.8. The minimum absolute atomic E-state index is 0.0436. The third kappa shape index (κ3) is 6.76. The van der Waals surface area contributed by atoms with Crippen LogP contribution in [0.25, 0.3) is 0 Å². The van der Waals surface area contributed by atoms with E-state index >= 15 is 0 Å². The van der Waals surface area contributed by atoms with Crippen molar-refractivity contribution in [2.24, 2.45) is 0 Å². The van der Waals surface area contributed by atoms with Crippen LogP contribution in [0.1, 0.15) is 29.8 Å². The summed E-state index contributed by atoms with van der Waals surface area (Å²) in [6, 6.07) is 11.0. The van der Waals surface area contributed by atoms with Crippen LogP contribution in [0.15, 0.2) is 60.8 Å². The van der Waals surface area contributed by atoms with Crippen molar-refractivity contribution in [2.45, 2.75) is 25.4 Å². The number of aromatic hydroxyl groups is 1. The summed E-state index contributed by atoms with van der Waals surface area (Å²) in [6.45, 7) is 1.59. The van der Waals surface area contributed by atoms with E-state index in [-0.39, 0.29) is 11.7 Å². The highest BCUT2D eigenvalue weighted by atomic mass is 19.4. The molecule has 0 bridgehead atoms. The monoisotopic (exact) mass is 445 g/mol. The Morgan fingerprint density at radius 3 is 1.94 bits per heavy atom. The highest BCUT2D eigenvalue weighted by Gasteiger charge is 2.34. The van der Waals surface area contributed by atoms with Crippen molar-refractivity contribution >= 4 is 5.95 Å². The Labute approximate surface area is 173 Å². The van der Waals surface area contributed by atoms with Crippen LogP contribution in [0.3, 0.4) is 0 Å². The van der Waals surface area contributed by atoms with Crippen molar-refractivity contribution < 1.29 is 36.2 Å². The van der Waals surface area contributed by atoms with Crippen LogP contribution in [0.5, 0.6) is 11.5 Å². The van der Waals surface area contributed by atoms with Crippen LogP contribution in [0, 0.1) is 0 Å². The summed E-state index contributed by atoms with van der Waals surface area (Å²) in [5.74, 6) is -0.938. The van der Waals surface area contributed by atoms with Crippen molar-refractivity contribution in [3.8, 4) is 11.5 Å². The van der Waals surface area contributed by atoms with E-state index in [1.807, 2.05) is 0 Å². The van der Waals surface area contributed by atoms with E-state index < -0.39 is 35.3 Å². The minimum atomic E-state index is -4.47. The lowest BCUT2D eigenvalue weighted by Crippen LogP contribution is -2.12. The second-order valence-corrected chi connectivity index (χ2v) is 6.11. The van der Waals surface area contributed by atoms with Crippen LogP contribution >= 0.6 is 0 Å². The maximum absolute atomic E-state index is 12.8. The SMILES string of the molecule is C[C@@H](Oc1ccccc1C(F)(F)F)c1ccnc(N)n1.Oc1ccccc1C(F)(F)F. The smallest absolute Gasteiger partial charge is 0.419 e. The molecule has 0 amide bonds. The van der Waals surface area contributed by atoms with Crippen molar-refractivity contribution in [1.82, 2.24) is 9.97 Å². The molecule has 0 aliphatic heterocycles. The number of alkyl halides is 6. The van der Waals surface area contributed by atoms with Gasteiger partial charge in [-0.25, -0.2) is 9.97 Å². The average molecular weight is 445 g/mol. The predicted molar refractivity (Wildman–Crippen MR) is 100 cm³/mol. The van der Waals surface area contributed by atoms with Gasteiger partial charge in [-0.15, -0.1) is 0 Å². The van der Waals surface area contributed by atoms with E-state index in [4.69, 9.17) is 15.6 Å². The molecule has 0 saturated heterocycles. The lowest BCUT2D eigenvalue weighted by Gasteiger charge is -2.18. The van der Waals surface area contributed by atoms with Gasteiger partial charge < -0.3 is 15.6 Å². The number of halogens is 6. The van der Waals surface area contributed by atoms with Crippen molar-refractivity contribution in [3.63, 3.8) is 0 Å². The molecule has 0 unspecified atom stereocenters. The third-order valence-electron chi connectivity index (χ3n) is 3.82. The fourth-order valence-corrected chi connectivity index (χ4v) is 2.38. The normalized spacial score (nSPS) is 12.5. The number of rotatable bonds is 3. The molecule has 3 rings (SSSR count). The van der Waals surface area contributed by atoms with Gasteiger partial charge in [-0.3, -0.25) is 0 Å². The summed E-state index contributed by atoms with van der Waals surface area (Å²) in [4.78, 5) is 7.64. The molecule has 1 atom stereocenters. The third-order valence-corrected chi connectivity index (χ3v) is 3.82. The number of para-hydroxylation sites is 2. The molecular formula is C20H17F6N3O2. The van der Waals surface area contributed by atoms with Gasteiger partial charge in [-0.05, 0) is 37.3 Å². The lowest BCUT2D eigenvalue weighted by atomic mass is 10.2. The molecule has 1 aromatic heterocycles. The van der Waals surface area contributed by atoms with Crippen molar-refractivity contribution in [1.29, 1.82) is 0 Å². The Morgan fingerprint density at radius 1 is 0.871 bits per heavy atom. The number of phenols is 1. The van der Waals surface area contributed by atoms with Crippen LogP contribution in [-0.2, 0) is 12.4 Å². The highest BCUT2D eigenvalue weighted by Crippen LogP contribution is 2.37. The molecule has 3 N–H and O–H groups in total. The standard InChI is InChI=1S/C13H12F3N3O.C7H5F3O/c1-8(10-6-7-18-12(17)19-10)20-11-5-3-2-4-9(11)13(14,15)16;8-7(9,10)5-3-1-2-4-6(5)11/h2-8H,1H3,(H2,17,18,19);1-4,11H/t8-;/m1./s1. The minimum Gasteiger partial charge on any atom is -0.507 e. The summed E-state index contributed by atoms with van der Waals surface area (Å²) in [6.07, 6.45) is -8.19. The first-order chi connectivity index (χ1) is 14.4. The fraction of sp³-hybridized carbons (Fsp3) is 0.200. The van der Waals surface area contributed by atoms with Crippen LogP contribution in [-0.4, -0.2) is 15.1 Å². The van der Waals surface area contributed by atoms with E-state index in [2.05, 4.69) is 9.97 Å². The van der Waals surface area contributed by atoms with E-state index in [9.17, 15) is 26.3 Å². The van der Waals surface area contributed by atoms with Gasteiger partial charge in [-0.2, -0.15) is 26.3 Å². The van der Waals surface area contributed by atoms with Crippen molar-refractivity contribution in [3.05, 3.63) is 77.6 Å². The van der Waals surface area contributed by atoms with Gasteiger partial charge in [0.25, 0.3) is 0 Å². The lowest BCUT2D eigenvalue weighted by molar-refractivity contribution is -0.140. The molecule has 3 aromatic rings. The first-order valence-corrected chi connectivity index (χ1v) is 8.66. The molecule has 0 radical (unpaired) electrons. The number of nitrogen functional groups attached to an aromatic ring is 1. The summed E-state index contributed by atoms with van der Waals surface area (Å²) >= 11 is 0. The number of phenolic OH excluding ortho intramolecular Hbond substituents is 1. The molecular weight excluding hydrogens is 428 g/mol. The molecule has 1 heterocycles. The first-order valence-electron chi connectivity index (χ1n) is 8.66. The van der Waals surface area contributed by atoms with Gasteiger partial charge in [0.2, 0.25) is 5.95 Å². The van der Waals surface area contributed by atoms with E-state index in [1.165, 1.54) is 42.6 Å². The number of anilines is 1. The molecule has 0 spiro atoms. The Kier molecular flexibility index (Phi) is 7.32. The summed E-state index contributed by atoms with van der Waals surface area (Å²) in [7, 11) is 0. The van der Waals surface area contributed by atoms with E-state index in [0.717, 1.165) is 18.2 Å². The van der Waals surface area contributed by atoms with Crippen LogP contribution in [0.4, 0.5) is 32.3 Å². The number of hydrogen-bond acceptors (Lipinski definition) is 5. The molecule has 11 heteroatoms. The molecule has 0 fully saturated rings. The molecule has 0 saturated carbocycles. The summed E-state index contributed by atoms with van der Waals surface area (Å²) < 4.78 is 79.5. The molecule has 2 aromatic carbocycles. The number of hydrogen-bond donors (Lipinski definition) is 2. The molecule has 5 nitrogen and oxygen atoms in total.